The Hall–Kier alpha value is -3.58. The number of para-hydroxylation sites is 1. The Bertz CT molecular complexity index is 1180. The van der Waals surface area contributed by atoms with Gasteiger partial charge in [0.2, 0.25) is 0 Å². The van der Waals surface area contributed by atoms with Crippen LogP contribution in [0.1, 0.15) is 16.3 Å². The first-order valence-electron chi connectivity index (χ1n) is 9.17. The number of hydrogen-bond donors (Lipinski definition) is 0. The second-order valence-electron chi connectivity index (χ2n) is 6.34. The standard InChI is InChI=1S/C23H17FN2O3S/c24-18-7-9-20(10-8-18)28-14-21-26-19(15-30-21)13-29-22(27)11-6-17-4-1-3-16-5-2-12-25-23(16)17/h1-12,15H,13-14H2/b11-6+. The maximum atomic E-state index is 12.9. The molecule has 0 saturated carbocycles. The second kappa shape index (κ2) is 9.28. The summed E-state index contributed by atoms with van der Waals surface area (Å²) in [5.41, 5.74) is 2.32. The number of halogens is 1. The highest BCUT2D eigenvalue weighted by atomic mass is 32.1. The van der Waals surface area contributed by atoms with E-state index in [4.69, 9.17) is 9.47 Å². The Morgan fingerprint density at radius 3 is 2.77 bits per heavy atom. The van der Waals surface area contributed by atoms with Crippen LogP contribution in [-0.2, 0) is 22.7 Å². The van der Waals surface area contributed by atoms with Crippen LogP contribution >= 0.6 is 11.3 Å². The third-order valence-corrected chi connectivity index (χ3v) is 5.07. The predicted octanol–water partition coefficient (Wildman–Crippen LogP) is 5.17. The summed E-state index contributed by atoms with van der Waals surface area (Å²) in [6.07, 6.45) is 4.80. The Labute approximate surface area is 176 Å². The summed E-state index contributed by atoms with van der Waals surface area (Å²) >= 11 is 1.41. The summed E-state index contributed by atoms with van der Waals surface area (Å²) in [6.45, 7) is 0.336. The molecule has 5 nitrogen and oxygen atoms in total. The second-order valence-corrected chi connectivity index (χ2v) is 7.28. The first-order valence-corrected chi connectivity index (χ1v) is 10.1. The minimum atomic E-state index is -0.458. The number of carbonyl (C=O) groups is 1. The Kier molecular flexibility index (Phi) is 6.10. The molecular weight excluding hydrogens is 403 g/mol. The molecule has 150 valence electrons. The van der Waals surface area contributed by atoms with Crippen molar-refractivity contribution >= 4 is 34.3 Å². The van der Waals surface area contributed by atoms with Gasteiger partial charge in [-0.3, -0.25) is 4.98 Å². The first kappa shape index (κ1) is 19.7. The first-order chi connectivity index (χ1) is 14.7. The van der Waals surface area contributed by atoms with E-state index in [-0.39, 0.29) is 19.0 Å². The number of rotatable bonds is 7. The van der Waals surface area contributed by atoms with Crippen molar-refractivity contribution in [2.45, 2.75) is 13.2 Å². The van der Waals surface area contributed by atoms with E-state index in [1.54, 1.807) is 24.4 Å². The zero-order chi connectivity index (χ0) is 20.8. The molecular formula is C23H17FN2O3S. The Morgan fingerprint density at radius 2 is 1.90 bits per heavy atom. The highest BCUT2D eigenvalue weighted by molar-refractivity contribution is 7.09. The maximum absolute atomic E-state index is 12.9. The lowest BCUT2D eigenvalue weighted by molar-refractivity contribution is -0.139. The van der Waals surface area contributed by atoms with Gasteiger partial charge < -0.3 is 9.47 Å². The smallest absolute Gasteiger partial charge is 0.331 e. The normalized spacial score (nSPS) is 11.1. The number of benzene rings is 2. The Morgan fingerprint density at radius 1 is 1.07 bits per heavy atom. The van der Waals surface area contributed by atoms with Gasteiger partial charge in [-0.05, 0) is 36.4 Å². The predicted molar refractivity (Wildman–Crippen MR) is 113 cm³/mol. The monoisotopic (exact) mass is 420 g/mol. The van der Waals surface area contributed by atoms with Crippen molar-refractivity contribution in [3.05, 3.63) is 94.3 Å². The number of fused-ring (bicyclic) bond motifs is 1. The summed E-state index contributed by atoms with van der Waals surface area (Å²) in [5.74, 6) is -0.209. The molecule has 2 heterocycles. The minimum absolute atomic E-state index is 0.0734. The third kappa shape index (κ3) is 5.07. The number of hydrogen-bond acceptors (Lipinski definition) is 6. The zero-order valence-corrected chi connectivity index (χ0v) is 16.6. The van der Waals surface area contributed by atoms with Crippen molar-refractivity contribution in [3.63, 3.8) is 0 Å². The van der Waals surface area contributed by atoms with Gasteiger partial charge in [0.1, 0.15) is 29.8 Å². The lowest BCUT2D eigenvalue weighted by Crippen LogP contribution is -2.02. The molecule has 0 saturated heterocycles. The fraction of sp³-hybridized carbons (Fsp3) is 0.0870. The molecule has 0 radical (unpaired) electrons. The fourth-order valence-corrected chi connectivity index (χ4v) is 3.46. The van der Waals surface area contributed by atoms with Crippen molar-refractivity contribution in [3.8, 4) is 5.75 Å². The van der Waals surface area contributed by atoms with Crippen LogP contribution in [0.5, 0.6) is 5.75 Å². The van der Waals surface area contributed by atoms with E-state index in [9.17, 15) is 9.18 Å². The van der Waals surface area contributed by atoms with Crippen LogP contribution in [0.25, 0.3) is 17.0 Å². The van der Waals surface area contributed by atoms with Crippen LogP contribution < -0.4 is 4.74 Å². The Balaban J connectivity index is 1.30. The molecule has 0 spiro atoms. The molecule has 4 aromatic rings. The number of aromatic nitrogens is 2. The van der Waals surface area contributed by atoms with E-state index in [1.165, 1.54) is 29.5 Å². The third-order valence-electron chi connectivity index (χ3n) is 4.20. The van der Waals surface area contributed by atoms with E-state index < -0.39 is 5.97 Å². The molecule has 0 aliphatic rings. The molecule has 2 aromatic heterocycles. The van der Waals surface area contributed by atoms with Crippen LogP contribution in [-0.4, -0.2) is 15.9 Å². The topological polar surface area (TPSA) is 61.3 Å². The largest absolute Gasteiger partial charge is 0.486 e. The van der Waals surface area contributed by atoms with Crippen molar-refractivity contribution in [1.29, 1.82) is 0 Å². The van der Waals surface area contributed by atoms with Crippen LogP contribution in [0, 0.1) is 5.82 Å². The highest BCUT2D eigenvalue weighted by Gasteiger charge is 2.06. The van der Waals surface area contributed by atoms with Gasteiger partial charge in [0.25, 0.3) is 0 Å². The van der Waals surface area contributed by atoms with Crippen LogP contribution in [0.3, 0.4) is 0 Å². The maximum Gasteiger partial charge on any atom is 0.331 e. The van der Waals surface area contributed by atoms with Crippen molar-refractivity contribution < 1.29 is 18.7 Å². The van der Waals surface area contributed by atoms with E-state index in [2.05, 4.69) is 9.97 Å². The molecule has 0 unspecified atom stereocenters. The molecule has 0 amide bonds. The molecule has 30 heavy (non-hydrogen) atoms. The SMILES string of the molecule is O=C(/C=C/c1cccc2cccnc12)OCc1csc(COc2ccc(F)cc2)n1. The molecule has 4 rings (SSSR count). The van der Waals surface area contributed by atoms with Crippen molar-refractivity contribution in [2.75, 3.05) is 0 Å². The lowest BCUT2D eigenvalue weighted by Gasteiger charge is -2.03. The van der Waals surface area contributed by atoms with Crippen LogP contribution in [0.15, 0.2) is 72.3 Å². The number of thiazole rings is 1. The summed E-state index contributed by atoms with van der Waals surface area (Å²) < 4.78 is 23.7. The van der Waals surface area contributed by atoms with Gasteiger partial charge in [-0.1, -0.05) is 24.3 Å². The molecule has 0 aliphatic carbocycles. The quantitative estimate of drug-likeness (QED) is 0.305. The van der Waals surface area contributed by atoms with Gasteiger partial charge in [0.05, 0.1) is 11.2 Å². The molecule has 0 N–H and O–H groups in total. The molecule has 7 heteroatoms. The van der Waals surface area contributed by atoms with Crippen LogP contribution in [0.2, 0.25) is 0 Å². The molecule has 0 fully saturated rings. The van der Waals surface area contributed by atoms with Crippen molar-refractivity contribution in [1.82, 2.24) is 9.97 Å². The number of esters is 1. The number of pyridine rings is 1. The summed E-state index contributed by atoms with van der Waals surface area (Å²) in [5, 5.41) is 3.56. The van der Waals surface area contributed by atoms with Crippen molar-refractivity contribution in [2.24, 2.45) is 0 Å². The summed E-state index contributed by atoms with van der Waals surface area (Å²) in [4.78, 5) is 20.8. The van der Waals surface area contributed by atoms with Gasteiger partial charge in [0.15, 0.2) is 0 Å². The van der Waals surface area contributed by atoms with Gasteiger partial charge in [-0.25, -0.2) is 14.2 Å². The van der Waals surface area contributed by atoms with E-state index >= 15 is 0 Å². The van der Waals surface area contributed by atoms with Gasteiger partial charge in [-0.2, -0.15) is 0 Å². The number of ether oxygens (including phenoxy) is 2. The molecule has 0 aliphatic heterocycles. The van der Waals surface area contributed by atoms with Crippen LogP contribution in [0.4, 0.5) is 4.39 Å². The van der Waals surface area contributed by atoms with Gasteiger partial charge >= 0.3 is 5.97 Å². The lowest BCUT2D eigenvalue weighted by atomic mass is 10.1. The average Bonchev–Trinajstić information content (AvgIpc) is 3.24. The fourth-order valence-electron chi connectivity index (χ4n) is 2.77. The molecule has 2 aromatic carbocycles. The van der Waals surface area contributed by atoms with E-state index in [1.807, 2.05) is 35.7 Å². The molecule has 0 bridgehead atoms. The average molecular weight is 420 g/mol. The molecule has 0 atom stereocenters. The van der Waals surface area contributed by atoms with E-state index in [0.717, 1.165) is 21.5 Å². The number of nitrogens with zero attached hydrogens (tertiary/aromatic N) is 2. The summed E-state index contributed by atoms with van der Waals surface area (Å²) in [6, 6.07) is 15.4. The summed E-state index contributed by atoms with van der Waals surface area (Å²) in [7, 11) is 0. The van der Waals surface area contributed by atoms with Gasteiger partial charge in [-0.15, -0.1) is 11.3 Å². The number of carbonyl (C=O) groups excluding carboxylic acids is 1. The highest BCUT2D eigenvalue weighted by Crippen LogP contribution is 2.18. The van der Waals surface area contributed by atoms with E-state index in [0.29, 0.717) is 11.4 Å². The zero-order valence-electron chi connectivity index (χ0n) is 15.8. The van der Waals surface area contributed by atoms with Gasteiger partial charge in [0, 0.05) is 28.6 Å². The minimum Gasteiger partial charge on any atom is -0.486 e.